The van der Waals surface area contributed by atoms with Gasteiger partial charge in [0.25, 0.3) is 0 Å². The Bertz CT molecular complexity index is 1700. The van der Waals surface area contributed by atoms with Gasteiger partial charge in [0.2, 0.25) is 0 Å². The van der Waals surface area contributed by atoms with E-state index in [2.05, 4.69) is 15.5 Å². The SMILES string of the molecule is Cc1ccc2[nH]ncc2c1-c1ccc2c(C3CNCC(Cl)N3C(=O)O)nc(OC[C@@H]3C[C@H](F)CN3C)nc2c1OC1CC1. The molecule has 1 amide bonds. The average molecular weight is 610 g/mol. The molecule has 226 valence electrons. The minimum Gasteiger partial charge on any atom is -0.487 e. The van der Waals surface area contributed by atoms with Crippen molar-refractivity contribution in [2.75, 3.05) is 33.3 Å². The molecular formula is C30H33ClFN7O4. The van der Waals surface area contributed by atoms with Crippen molar-refractivity contribution in [2.45, 2.75) is 56.0 Å². The molecule has 1 aliphatic carbocycles. The molecule has 4 aromatic rings. The molecule has 0 bridgehead atoms. The summed E-state index contributed by atoms with van der Waals surface area (Å²) >= 11 is 6.50. The van der Waals surface area contributed by atoms with E-state index in [0.29, 0.717) is 48.4 Å². The number of hydrogen-bond donors (Lipinski definition) is 3. The molecule has 11 nitrogen and oxygen atoms in total. The van der Waals surface area contributed by atoms with E-state index in [1.807, 2.05) is 43.1 Å². The predicted molar refractivity (Wildman–Crippen MR) is 160 cm³/mol. The van der Waals surface area contributed by atoms with E-state index in [0.717, 1.165) is 40.4 Å². The van der Waals surface area contributed by atoms with Crippen LogP contribution in [0.4, 0.5) is 9.18 Å². The minimum absolute atomic E-state index is 0.0451. The average Bonchev–Trinajstić information content (AvgIpc) is 3.56. The quantitative estimate of drug-likeness (QED) is 0.203. The number of nitrogens with one attached hydrogen (secondary N) is 2. The Morgan fingerprint density at radius 2 is 2.02 bits per heavy atom. The fourth-order valence-corrected chi connectivity index (χ4v) is 6.56. The highest BCUT2D eigenvalue weighted by atomic mass is 35.5. The van der Waals surface area contributed by atoms with Gasteiger partial charge in [0.1, 0.15) is 23.8 Å². The number of halogens is 2. The summed E-state index contributed by atoms with van der Waals surface area (Å²) in [5.41, 5.74) is 3.96. The first kappa shape index (κ1) is 28.1. The summed E-state index contributed by atoms with van der Waals surface area (Å²) < 4.78 is 26.8. The van der Waals surface area contributed by atoms with Crippen LogP contribution in [0.15, 0.2) is 30.5 Å². The molecular weight excluding hydrogens is 577 g/mol. The topological polar surface area (TPSA) is 129 Å². The van der Waals surface area contributed by atoms with E-state index in [4.69, 9.17) is 31.0 Å². The number of alkyl halides is 2. The number of carboxylic acid groups (broad SMARTS) is 1. The Hall–Kier alpha value is -3.74. The van der Waals surface area contributed by atoms with Gasteiger partial charge in [0.05, 0.1) is 29.6 Å². The fourth-order valence-electron chi connectivity index (χ4n) is 6.23. The van der Waals surface area contributed by atoms with E-state index in [1.54, 1.807) is 6.20 Å². The summed E-state index contributed by atoms with van der Waals surface area (Å²) in [7, 11) is 1.87. The van der Waals surface area contributed by atoms with Crippen LogP contribution < -0.4 is 14.8 Å². The molecule has 0 radical (unpaired) electrons. The van der Waals surface area contributed by atoms with E-state index in [1.165, 1.54) is 4.90 Å². The standard InChI is InChI=1S/C30H33ClFN7O4/c1-15-3-8-22-21(10-34-37-22)25(15)19-6-7-20-26(23-11-33-12-24(31)39(23)30(40)41)35-29(36-27(20)28(19)43-18-4-5-18)42-14-17-9-16(32)13-38(17)2/h3,6-8,10,16-18,23-24,33H,4-5,9,11-14H2,1-2H3,(H,34,37)(H,40,41)/t16-,17-,23?,24?/m0/s1. The number of aromatic amines is 1. The zero-order valence-corrected chi connectivity index (χ0v) is 24.6. The summed E-state index contributed by atoms with van der Waals surface area (Å²) in [5, 5.41) is 22.3. The van der Waals surface area contributed by atoms with Gasteiger partial charge in [-0.25, -0.2) is 9.18 Å². The number of benzene rings is 2. The number of H-pyrrole nitrogens is 1. The second-order valence-corrected chi connectivity index (χ2v) is 12.2. The van der Waals surface area contributed by atoms with Crippen LogP contribution in [0.5, 0.6) is 11.8 Å². The Morgan fingerprint density at radius 3 is 2.77 bits per heavy atom. The highest BCUT2D eigenvalue weighted by Crippen LogP contribution is 2.45. The van der Waals surface area contributed by atoms with Crippen molar-refractivity contribution in [3.63, 3.8) is 0 Å². The lowest BCUT2D eigenvalue weighted by Gasteiger charge is -2.37. The van der Waals surface area contributed by atoms with Crippen molar-refractivity contribution < 1.29 is 23.8 Å². The molecule has 4 heterocycles. The smallest absolute Gasteiger partial charge is 0.409 e. The zero-order chi connectivity index (χ0) is 29.8. The molecule has 3 aliphatic rings. The van der Waals surface area contributed by atoms with Gasteiger partial charge < -0.3 is 19.9 Å². The van der Waals surface area contributed by atoms with Crippen LogP contribution in [0.2, 0.25) is 0 Å². The highest BCUT2D eigenvalue weighted by molar-refractivity contribution is 6.21. The van der Waals surface area contributed by atoms with Crippen molar-refractivity contribution in [2.24, 2.45) is 0 Å². The summed E-state index contributed by atoms with van der Waals surface area (Å²) in [6.45, 7) is 3.20. The number of nitrogens with zero attached hydrogens (tertiary/aromatic N) is 5. The van der Waals surface area contributed by atoms with Crippen LogP contribution >= 0.6 is 11.6 Å². The molecule has 2 aromatic carbocycles. The number of ether oxygens (including phenoxy) is 2. The Morgan fingerprint density at radius 1 is 1.19 bits per heavy atom. The van der Waals surface area contributed by atoms with E-state index >= 15 is 0 Å². The molecule has 3 N–H and O–H groups in total. The molecule has 1 saturated carbocycles. The molecule has 2 saturated heterocycles. The minimum atomic E-state index is -1.14. The molecule has 0 spiro atoms. The number of aryl methyl sites for hydroxylation is 1. The maximum Gasteiger partial charge on any atom is 0.409 e. The predicted octanol–water partition coefficient (Wildman–Crippen LogP) is 4.63. The number of piperazine rings is 1. The van der Waals surface area contributed by atoms with Crippen LogP contribution in [0.3, 0.4) is 0 Å². The van der Waals surface area contributed by atoms with Crippen LogP contribution in [0.25, 0.3) is 32.9 Å². The van der Waals surface area contributed by atoms with E-state index < -0.39 is 23.8 Å². The molecule has 43 heavy (non-hydrogen) atoms. The molecule has 3 fully saturated rings. The van der Waals surface area contributed by atoms with Gasteiger partial charge in [-0.2, -0.15) is 15.1 Å². The number of likely N-dealkylation sites (tertiary alicyclic amines) is 1. The van der Waals surface area contributed by atoms with Gasteiger partial charge in [0, 0.05) is 42.0 Å². The zero-order valence-electron chi connectivity index (χ0n) is 23.9. The Balaban J connectivity index is 1.42. The number of amides is 1. The number of likely N-dealkylation sites (N-methyl/N-ethyl adjacent to an activating group) is 1. The van der Waals surface area contributed by atoms with Crippen LogP contribution in [-0.2, 0) is 0 Å². The maximum absolute atomic E-state index is 14.1. The first-order chi connectivity index (χ1) is 20.8. The first-order valence-electron chi connectivity index (χ1n) is 14.6. The van der Waals surface area contributed by atoms with Gasteiger partial charge in [-0.3, -0.25) is 14.9 Å². The van der Waals surface area contributed by atoms with Gasteiger partial charge in [-0.05, 0) is 62.6 Å². The van der Waals surface area contributed by atoms with Crippen molar-refractivity contribution in [3.8, 4) is 22.9 Å². The summed E-state index contributed by atoms with van der Waals surface area (Å²) in [5.74, 6) is 0.583. The summed E-state index contributed by atoms with van der Waals surface area (Å²) in [4.78, 5) is 25.2. The fraction of sp³-hybridized carbons (Fsp3) is 0.467. The van der Waals surface area contributed by atoms with Crippen molar-refractivity contribution in [1.29, 1.82) is 0 Å². The first-order valence-corrected chi connectivity index (χ1v) is 15.0. The van der Waals surface area contributed by atoms with E-state index in [-0.39, 0.29) is 24.8 Å². The third kappa shape index (κ3) is 5.21. The monoisotopic (exact) mass is 609 g/mol. The van der Waals surface area contributed by atoms with Gasteiger partial charge in [-0.15, -0.1) is 0 Å². The highest BCUT2D eigenvalue weighted by Gasteiger charge is 2.38. The van der Waals surface area contributed by atoms with Crippen molar-refractivity contribution in [3.05, 3.63) is 41.7 Å². The summed E-state index contributed by atoms with van der Waals surface area (Å²) in [6.07, 6.45) is 2.00. The number of aromatic nitrogens is 4. The number of carbonyl (C=O) groups is 1. The lowest BCUT2D eigenvalue weighted by Crippen LogP contribution is -2.52. The third-order valence-electron chi connectivity index (χ3n) is 8.61. The third-order valence-corrected chi connectivity index (χ3v) is 8.97. The molecule has 2 aliphatic heterocycles. The summed E-state index contributed by atoms with van der Waals surface area (Å²) in [6, 6.07) is 7.18. The van der Waals surface area contributed by atoms with Crippen LogP contribution in [0, 0.1) is 6.92 Å². The lowest BCUT2D eigenvalue weighted by molar-refractivity contribution is 0.100. The van der Waals surface area contributed by atoms with Gasteiger partial charge >= 0.3 is 12.1 Å². The van der Waals surface area contributed by atoms with Crippen LogP contribution in [-0.4, -0.2) is 98.3 Å². The van der Waals surface area contributed by atoms with E-state index in [9.17, 15) is 14.3 Å². The molecule has 4 atom stereocenters. The second-order valence-electron chi connectivity index (χ2n) is 11.7. The van der Waals surface area contributed by atoms with Crippen LogP contribution in [0.1, 0.15) is 36.6 Å². The van der Waals surface area contributed by atoms with Crippen molar-refractivity contribution >= 4 is 39.5 Å². The second kappa shape index (κ2) is 11.1. The normalized spacial score (nSPS) is 24.6. The molecule has 2 unspecified atom stereocenters. The van der Waals surface area contributed by atoms with Crippen molar-refractivity contribution in [1.82, 2.24) is 35.3 Å². The largest absolute Gasteiger partial charge is 0.487 e. The van der Waals surface area contributed by atoms with Gasteiger partial charge in [0.15, 0.2) is 5.75 Å². The van der Waals surface area contributed by atoms with Gasteiger partial charge in [-0.1, -0.05) is 17.7 Å². The molecule has 7 rings (SSSR count). The maximum atomic E-state index is 14.1. The Labute approximate surface area is 252 Å². The number of hydrogen-bond acceptors (Lipinski definition) is 8. The molecule has 2 aromatic heterocycles. The number of fused-ring (bicyclic) bond motifs is 2. The number of rotatable bonds is 7. The Kier molecular flexibility index (Phi) is 7.22. The lowest BCUT2D eigenvalue weighted by atomic mass is 9.94. The molecule has 13 heteroatoms.